The minimum atomic E-state index is -0.195. The molecular weight excluding hydrogens is 322 g/mol. The first-order valence-electron chi connectivity index (χ1n) is 8.61. The Balaban J connectivity index is 1.61. The van der Waals surface area contributed by atoms with E-state index in [1.165, 1.54) is 0 Å². The molecule has 136 valence electrons. The molecule has 0 saturated carbocycles. The van der Waals surface area contributed by atoms with Crippen molar-refractivity contribution in [2.24, 2.45) is 0 Å². The van der Waals surface area contributed by atoms with E-state index in [1.54, 1.807) is 16.9 Å². The first kappa shape index (κ1) is 17.5. The van der Waals surface area contributed by atoms with Crippen molar-refractivity contribution in [3.8, 4) is 5.75 Å². The van der Waals surface area contributed by atoms with Gasteiger partial charge in [0.05, 0.1) is 25.4 Å². The molecule has 7 nitrogen and oxygen atoms in total. The number of benzene rings is 1. The molecule has 2 aliphatic heterocycles. The first-order valence-corrected chi connectivity index (χ1v) is 8.61. The maximum absolute atomic E-state index is 12.5. The normalized spacial score (nSPS) is 26.7. The van der Waals surface area contributed by atoms with Crippen LogP contribution in [0.15, 0.2) is 24.3 Å². The Morgan fingerprint density at radius 2 is 1.96 bits per heavy atom. The molecule has 0 bridgehead atoms. The zero-order valence-electron chi connectivity index (χ0n) is 14.9. The zero-order valence-corrected chi connectivity index (χ0v) is 14.9. The summed E-state index contributed by atoms with van der Waals surface area (Å²) in [5, 5.41) is 2.99. The Morgan fingerprint density at radius 3 is 2.64 bits per heavy atom. The molecule has 1 aromatic carbocycles. The van der Waals surface area contributed by atoms with E-state index in [4.69, 9.17) is 9.47 Å². The van der Waals surface area contributed by atoms with Crippen LogP contribution in [0.25, 0.3) is 0 Å². The molecule has 0 radical (unpaired) electrons. The molecule has 3 atom stereocenters. The van der Waals surface area contributed by atoms with Gasteiger partial charge in [-0.05, 0) is 26.0 Å². The highest BCUT2D eigenvalue weighted by molar-refractivity contribution is 5.97. The number of nitrogens with zero attached hydrogens (tertiary/aromatic N) is 2. The Hall–Kier alpha value is -2.28. The number of urea groups is 1. The predicted octanol–water partition coefficient (Wildman–Crippen LogP) is 1.62. The summed E-state index contributed by atoms with van der Waals surface area (Å²) in [5.41, 5.74) is 0.787. The molecule has 1 N–H and O–H groups in total. The Labute approximate surface area is 147 Å². The smallest absolute Gasteiger partial charge is 0.317 e. The second-order valence-corrected chi connectivity index (χ2v) is 6.72. The lowest BCUT2D eigenvalue weighted by molar-refractivity contribution is -0.117. The van der Waals surface area contributed by atoms with Crippen LogP contribution >= 0.6 is 0 Å². The van der Waals surface area contributed by atoms with Crippen molar-refractivity contribution in [1.29, 1.82) is 0 Å². The number of anilines is 1. The van der Waals surface area contributed by atoms with E-state index in [9.17, 15) is 9.59 Å². The molecule has 2 aliphatic rings. The van der Waals surface area contributed by atoms with Crippen molar-refractivity contribution in [3.63, 3.8) is 0 Å². The molecule has 7 heteroatoms. The third-order valence-electron chi connectivity index (χ3n) is 4.52. The largest absolute Gasteiger partial charge is 0.497 e. The van der Waals surface area contributed by atoms with Gasteiger partial charge in [0.25, 0.3) is 0 Å². The van der Waals surface area contributed by atoms with Crippen molar-refractivity contribution < 1.29 is 19.1 Å². The predicted molar refractivity (Wildman–Crippen MR) is 93.9 cm³/mol. The van der Waals surface area contributed by atoms with E-state index in [-0.39, 0.29) is 30.2 Å². The summed E-state index contributed by atoms with van der Waals surface area (Å²) in [6, 6.07) is 7.06. The summed E-state index contributed by atoms with van der Waals surface area (Å²) in [5.74, 6) is 0.705. The number of ether oxygens (including phenoxy) is 2. The lowest BCUT2D eigenvalue weighted by Crippen LogP contribution is -2.53. The molecule has 1 aromatic rings. The fourth-order valence-corrected chi connectivity index (χ4v) is 3.44. The van der Waals surface area contributed by atoms with Gasteiger partial charge in [0.2, 0.25) is 5.91 Å². The third-order valence-corrected chi connectivity index (χ3v) is 4.52. The third kappa shape index (κ3) is 4.04. The molecule has 3 amide bonds. The average Bonchev–Trinajstić information content (AvgIpc) is 2.94. The van der Waals surface area contributed by atoms with Crippen molar-refractivity contribution in [2.45, 2.75) is 38.5 Å². The maximum Gasteiger partial charge on any atom is 0.317 e. The number of nitrogens with one attached hydrogen (secondary N) is 1. The summed E-state index contributed by atoms with van der Waals surface area (Å²) in [7, 11) is 1.60. The van der Waals surface area contributed by atoms with E-state index in [0.717, 1.165) is 5.69 Å². The van der Waals surface area contributed by atoms with E-state index >= 15 is 0 Å². The fourth-order valence-electron chi connectivity index (χ4n) is 3.44. The molecule has 0 aromatic heterocycles. The van der Waals surface area contributed by atoms with Gasteiger partial charge in [-0.25, -0.2) is 4.79 Å². The zero-order chi connectivity index (χ0) is 18.0. The fraction of sp³-hybridized carbons (Fsp3) is 0.556. The SMILES string of the molecule is COc1cccc(N2C[C@H](NC(=O)N3C[C@@H](C)O[C@@H](C)C3)CC2=O)c1. The highest BCUT2D eigenvalue weighted by Gasteiger charge is 2.34. The number of amides is 3. The number of carbonyl (C=O) groups is 2. The molecule has 0 aliphatic carbocycles. The van der Waals surface area contributed by atoms with Gasteiger partial charge in [-0.1, -0.05) is 6.07 Å². The summed E-state index contributed by atoms with van der Waals surface area (Å²) < 4.78 is 10.9. The average molecular weight is 347 g/mol. The number of rotatable bonds is 3. The lowest BCUT2D eigenvalue weighted by atomic mass is 10.2. The monoisotopic (exact) mass is 347 g/mol. The van der Waals surface area contributed by atoms with E-state index < -0.39 is 0 Å². The molecule has 25 heavy (non-hydrogen) atoms. The van der Waals surface area contributed by atoms with Crippen LogP contribution < -0.4 is 15.0 Å². The van der Waals surface area contributed by atoms with Gasteiger partial charge in [0, 0.05) is 37.8 Å². The summed E-state index contributed by atoms with van der Waals surface area (Å²) in [6.45, 7) is 5.51. The van der Waals surface area contributed by atoms with Crippen molar-refractivity contribution >= 4 is 17.6 Å². The molecule has 2 saturated heterocycles. The van der Waals surface area contributed by atoms with Gasteiger partial charge in [-0.2, -0.15) is 0 Å². The minimum absolute atomic E-state index is 0.00210. The number of hydrogen-bond acceptors (Lipinski definition) is 4. The number of carbonyl (C=O) groups excluding carboxylic acids is 2. The van der Waals surface area contributed by atoms with Crippen LogP contribution in [0.1, 0.15) is 20.3 Å². The van der Waals surface area contributed by atoms with Crippen molar-refractivity contribution in [3.05, 3.63) is 24.3 Å². The molecule has 3 rings (SSSR count). The first-order chi connectivity index (χ1) is 12.0. The van der Waals surface area contributed by atoms with Crippen LogP contribution in [0.3, 0.4) is 0 Å². The van der Waals surface area contributed by atoms with Crippen LogP contribution in [0.4, 0.5) is 10.5 Å². The van der Waals surface area contributed by atoms with Crippen molar-refractivity contribution in [2.75, 3.05) is 31.6 Å². The van der Waals surface area contributed by atoms with Crippen LogP contribution in [-0.4, -0.2) is 61.8 Å². The molecule has 0 unspecified atom stereocenters. The van der Waals surface area contributed by atoms with Gasteiger partial charge >= 0.3 is 6.03 Å². The Bertz CT molecular complexity index is 641. The minimum Gasteiger partial charge on any atom is -0.497 e. The highest BCUT2D eigenvalue weighted by Crippen LogP contribution is 2.25. The van der Waals surface area contributed by atoms with Crippen LogP contribution in [-0.2, 0) is 9.53 Å². The highest BCUT2D eigenvalue weighted by atomic mass is 16.5. The summed E-state index contributed by atoms with van der Waals surface area (Å²) in [4.78, 5) is 28.3. The van der Waals surface area contributed by atoms with E-state index in [2.05, 4.69) is 5.32 Å². The standard InChI is InChI=1S/C18H25N3O4/c1-12-9-20(10-13(2)25-12)18(23)19-14-7-17(22)21(11-14)15-5-4-6-16(8-15)24-3/h4-6,8,12-14H,7,9-11H2,1-3H3,(H,19,23)/t12-,13+,14-/m1/s1. The number of methoxy groups -OCH3 is 1. The van der Waals surface area contributed by atoms with E-state index in [1.807, 2.05) is 38.1 Å². The Kier molecular flexibility index (Phi) is 5.13. The Morgan fingerprint density at radius 1 is 1.24 bits per heavy atom. The molecular formula is C18H25N3O4. The van der Waals surface area contributed by atoms with Gasteiger partial charge in [0.15, 0.2) is 0 Å². The topological polar surface area (TPSA) is 71.1 Å². The van der Waals surface area contributed by atoms with Crippen LogP contribution in [0.2, 0.25) is 0 Å². The summed E-state index contributed by atoms with van der Waals surface area (Å²) in [6.07, 6.45) is 0.347. The quantitative estimate of drug-likeness (QED) is 0.902. The van der Waals surface area contributed by atoms with E-state index in [0.29, 0.717) is 31.8 Å². The number of hydrogen-bond donors (Lipinski definition) is 1. The second-order valence-electron chi connectivity index (χ2n) is 6.72. The second kappa shape index (κ2) is 7.31. The van der Waals surface area contributed by atoms with Crippen molar-refractivity contribution in [1.82, 2.24) is 10.2 Å². The maximum atomic E-state index is 12.5. The molecule has 2 heterocycles. The van der Waals surface area contributed by atoms with Gasteiger partial charge < -0.3 is 24.6 Å². The van der Waals surface area contributed by atoms with Gasteiger partial charge in [-0.3, -0.25) is 4.79 Å². The molecule has 0 spiro atoms. The van der Waals surface area contributed by atoms with Gasteiger partial charge in [0.1, 0.15) is 5.75 Å². The van der Waals surface area contributed by atoms with Gasteiger partial charge in [-0.15, -0.1) is 0 Å². The lowest BCUT2D eigenvalue weighted by Gasteiger charge is -2.35. The van der Waals surface area contributed by atoms with Crippen LogP contribution in [0, 0.1) is 0 Å². The number of morpholine rings is 1. The van der Waals surface area contributed by atoms with Crippen LogP contribution in [0.5, 0.6) is 5.75 Å². The molecule has 2 fully saturated rings. The summed E-state index contributed by atoms with van der Waals surface area (Å²) >= 11 is 0.